The lowest BCUT2D eigenvalue weighted by molar-refractivity contribution is -0.164. The molecule has 0 aliphatic heterocycles. The highest BCUT2D eigenvalue weighted by Crippen LogP contribution is 2.62. The van der Waals surface area contributed by atoms with Crippen molar-refractivity contribution in [2.24, 2.45) is 35.3 Å². The molecule has 0 saturated heterocycles. The number of benzene rings is 1. The van der Waals surface area contributed by atoms with E-state index >= 15 is 0 Å². The number of amides is 1. The van der Waals surface area contributed by atoms with Crippen molar-refractivity contribution in [3.8, 4) is 5.75 Å². The first-order valence-corrected chi connectivity index (χ1v) is 12.3. The van der Waals surface area contributed by atoms with Crippen LogP contribution >= 0.6 is 0 Å². The number of fused-ring (bicyclic) bond motifs is 3. The minimum Gasteiger partial charge on any atom is -0.508 e. The summed E-state index contributed by atoms with van der Waals surface area (Å²) < 4.78 is 0. The highest BCUT2D eigenvalue weighted by atomic mass is 16.3. The molecule has 36 heavy (non-hydrogen) atoms. The number of nitrogens with zero attached hydrogens (tertiary/aromatic N) is 1. The van der Waals surface area contributed by atoms with E-state index in [1.165, 1.54) is 6.07 Å². The number of ketones is 2. The molecule has 0 heterocycles. The number of carbonyl (C=O) groups excluding carboxylic acids is 3. The number of aliphatic hydroxyl groups excluding tert-OH is 2. The molecule has 2 saturated carbocycles. The summed E-state index contributed by atoms with van der Waals surface area (Å²) in [5.74, 6) is -7.02. The van der Waals surface area contributed by atoms with Crippen LogP contribution in [0.25, 0.3) is 5.76 Å². The molecule has 7 unspecified atom stereocenters. The number of aromatic hydroxyl groups is 1. The molecule has 7 atom stereocenters. The normalized spacial score (nSPS) is 34.9. The molecule has 2 fully saturated rings. The minimum absolute atomic E-state index is 0.0816. The number of likely N-dealkylation sites (N-methyl/N-ethyl adjacent to an activating group) is 1. The molecule has 5 rings (SSSR count). The fraction of sp³-hybridized carbons (Fsp3) is 0.519. The van der Waals surface area contributed by atoms with E-state index in [2.05, 4.69) is 0 Å². The molecule has 9 nitrogen and oxygen atoms in total. The van der Waals surface area contributed by atoms with Crippen molar-refractivity contribution >= 4 is 23.2 Å². The summed E-state index contributed by atoms with van der Waals surface area (Å²) in [6, 6.07) is 3.75. The van der Waals surface area contributed by atoms with Gasteiger partial charge in [-0.25, -0.2) is 0 Å². The number of rotatable bonds is 4. The average Bonchev–Trinajstić information content (AvgIpc) is 3.64. The van der Waals surface area contributed by atoms with Crippen LogP contribution in [0.3, 0.4) is 0 Å². The number of nitrogens with two attached hydrogens (primary N) is 1. The summed E-state index contributed by atoms with van der Waals surface area (Å²) >= 11 is 0. The van der Waals surface area contributed by atoms with Crippen LogP contribution in [0.4, 0.5) is 0 Å². The Balaban J connectivity index is 1.87. The van der Waals surface area contributed by atoms with Crippen molar-refractivity contribution in [2.45, 2.75) is 44.2 Å². The Morgan fingerprint density at radius 1 is 1.17 bits per heavy atom. The molecule has 4 aliphatic carbocycles. The molecule has 9 heteroatoms. The zero-order valence-corrected chi connectivity index (χ0v) is 20.7. The van der Waals surface area contributed by atoms with Gasteiger partial charge in [-0.1, -0.05) is 26.0 Å². The lowest BCUT2D eigenvalue weighted by Crippen LogP contribution is -2.69. The van der Waals surface area contributed by atoms with Gasteiger partial charge in [0.2, 0.25) is 5.78 Å². The number of carbonyl (C=O) groups is 3. The van der Waals surface area contributed by atoms with Gasteiger partial charge in [-0.3, -0.25) is 19.3 Å². The maximum absolute atomic E-state index is 14.2. The summed E-state index contributed by atoms with van der Waals surface area (Å²) in [5.41, 5.74) is 2.66. The molecular weight excluding hydrogens is 464 g/mol. The van der Waals surface area contributed by atoms with Gasteiger partial charge < -0.3 is 26.2 Å². The second-order valence-corrected chi connectivity index (χ2v) is 11.1. The maximum Gasteiger partial charge on any atom is 0.255 e. The van der Waals surface area contributed by atoms with E-state index in [0.717, 1.165) is 12.8 Å². The van der Waals surface area contributed by atoms with E-state index in [1.807, 2.05) is 13.8 Å². The van der Waals surface area contributed by atoms with Gasteiger partial charge >= 0.3 is 0 Å². The molecule has 0 aromatic heterocycles. The highest BCUT2D eigenvalue weighted by Gasteiger charge is 2.69. The predicted octanol–water partition coefficient (Wildman–Crippen LogP) is 1.80. The van der Waals surface area contributed by atoms with Crippen molar-refractivity contribution in [3.63, 3.8) is 0 Å². The van der Waals surface area contributed by atoms with Gasteiger partial charge in [0.25, 0.3) is 5.91 Å². The molecule has 6 N–H and O–H groups in total. The quantitative estimate of drug-likeness (QED) is 0.394. The summed E-state index contributed by atoms with van der Waals surface area (Å²) in [4.78, 5) is 41.5. The number of hydrogen-bond acceptors (Lipinski definition) is 8. The van der Waals surface area contributed by atoms with Crippen LogP contribution in [0.5, 0.6) is 5.75 Å². The summed E-state index contributed by atoms with van der Waals surface area (Å²) in [5, 5.41) is 45.3. The number of phenolic OH excluding ortho intramolecular Hbond substituents is 1. The molecule has 1 amide bonds. The number of hydrogen-bond donors (Lipinski definition) is 5. The topological polar surface area (TPSA) is 161 Å². The third-order valence-corrected chi connectivity index (χ3v) is 9.06. The Bertz CT molecular complexity index is 1260. The summed E-state index contributed by atoms with van der Waals surface area (Å²) in [6.45, 7) is 3.92. The Labute approximate surface area is 208 Å². The van der Waals surface area contributed by atoms with E-state index in [9.17, 15) is 34.8 Å². The van der Waals surface area contributed by atoms with Crippen LogP contribution in [0.15, 0.2) is 35.1 Å². The number of phenols is 1. The number of aliphatic hydroxyl groups is 3. The highest BCUT2D eigenvalue weighted by molar-refractivity contribution is 6.24. The van der Waals surface area contributed by atoms with Gasteiger partial charge in [-0.05, 0) is 62.2 Å². The van der Waals surface area contributed by atoms with Gasteiger partial charge in [-0.2, -0.15) is 0 Å². The summed E-state index contributed by atoms with van der Waals surface area (Å²) in [7, 11) is 3.24. The fourth-order valence-electron chi connectivity index (χ4n) is 7.28. The Morgan fingerprint density at radius 3 is 2.36 bits per heavy atom. The Kier molecular flexibility index (Phi) is 5.39. The second kappa shape index (κ2) is 7.91. The molecule has 4 aliphatic rings. The average molecular weight is 497 g/mol. The van der Waals surface area contributed by atoms with Crippen molar-refractivity contribution < 1.29 is 34.8 Å². The first-order chi connectivity index (χ1) is 16.8. The first-order valence-electron chi connectivity index (χ1n) is 12.3. The monoisotopic (exact) mass is 496 g/mol. The zero-order valence-electron chi connectivity index (χ0n) is 20.7. The molecular formula is C27H32N2O7. The van der Waals surface area contributed by atoms with E-state index in [-0.39, 0.29) is 34.6 Å². The SMILES string of the molecule is CC1c2cccc(O)c2C(O)=C2C(=O)C3(O)C(O)=C(C(N)=O)C(=O)C(N(C)C)C3C(C(C)C3CC3)C21. The minimum atomic E-state index is -2.65. The molecule has 0 radical (unpaired) electrons. The number of Topliss-reactive ketones (excluding diaryl/α,β-unsaturated/α-hetero) is 2. The molecule has 1 aromatic rings. The maximum atomic E-state index is 14.2. The largest absolute Gasteiger partial charge is 0.508 e. The smallest absolute Gasteiger partial charge is 0.255 e. The Hall–Kier alpha value is -3.17. The van der Waals surface area contributed by atoms with Gasteiger partial charge in [0, 0.05) is 17.4 Å². The first kappa shape index (κ1) is 24.5. The molecule has 0 spiro atoms. The van der Waals surface area contributed by atoms with E-state index < -0.39 is 64.0 Å². The predicted molar refractivity (Wildman–Crippen MR) is 130 cm³/mol. The Morgan fingerprint density at radius 2 is 1.81 bits per heavy atom. The van der Waals surface area contributed by atoms with Crippen LogP contribution in [0.1, 0.15) is 43.7 Å². The number of primary amides is 1. The lowest BCUT2D eigenvalue weighted by Gasteiger charge is -2.57. The fourth-order valence-corrected chi connectivity index (χ4v) is 7.28. The van der Waals surface area contributed by atoms with Crippen LogP contribution in [0.2, 0.25) is 0 Å². The van der Waals surface area contributed by atoms with Crippen LogP contribution < -0.4 is 5.73 Å². The summed E-state index contributed by atoms with van der Waals surface area (Å²) in [6.07, 6.45) is 1.91. The van der Waals surface area contributed by atoms with Crippen molar-refractivity contribution in [1.82, 2.24) is 4.90 Å². The van der Waals surface area contributed by atoms with Crippen LogP contribution in [-0.2, 0) is 14.4 Å². The van der Waals surface area contributed by atoms with E-state index in [1.54, 1.807) is 31.1 Å². The van der Waals surface area contributed by atoms with Gasteiger partial charge in [0.05, 0.1) is 11.6 Å². The van der Waals surface area contributed by atoms with Crippen LogP contribution in [0, 0.1) is 29.6 Å². The van der Waals surface area contributed by atoms with Crippen molar-refractivity contribution in [1.29, 1.82) is 0 Å². The van der Waals surface area contributed by atoms with Gasteiger partial charge in [0.1, 0.15) is 22.8 Å². The van der Waals surface area contributed by atoms with E-state index in [4.69, 9.17) is 5.73 Å². The third kappa shape index (κ3) is 2.99. The van der Waals surface area contributed by atoms with Crippen molar-refractivity contribution in [3.05, 3.63) is 46.2 Å². The molecule has 192 valence electrons. The third-order valence-electron chi connectivity index (χ3n) is 9.06. The molecule has 1 aromatic carbocycles. The zero-order chi connectivity index (χ0) is 26.4. The van der Waals surface area contributed by atoms with Gasteiger partial charge in [-0.15, -0.1) is 0 Å². The van der Waals surface area contributed by atoms with E-state index in [0.29, 0.717) is 5.56 Å². The van der Waals surface area contributed by atoms with Crippen LogP contribution in [-0.4, -0.2) is 68.5 Å². The van der Waals surface area contributed by atoms with Crippen molar-refractivity contribution in [2.75, 3.05) is 14.1 Å². The van der Waals surface area contributed by atoms with Gasteiger partial charge in [0.15, 0.2) is 11.4 Å². The lowest BCUT2D eigenvalue weighted by atomic mass is 9.48. The molecule has 0 bridgehead atoms. The second-order valence-electron chi connectivity index (χ2n) is 11.1. The standard InChI is InChI=1S/C27H32N2O7/c1-10(12-8-9-12)16-15-11(2)13-6-5-7-14(30)17(13)22(31)18(15)24(33)27(36)20(16)21(29(3)4)23(32)19(25(27)34)26(28)35/h5-7,10-12,15-16,20-21,30-31,34,36H,8-9H2,1-4H3,(H2,28,35).